The molecule has 0 unspecified atom stereocenters. The number of nitro groups is 1. The molecule has 26 heavy (non-hydrogen) atoms. The molecule has 0 saturated heterocycles. The largest absolute Gasteiger partial charge is 0.323 e. The van der Waals surface area contributed by atoms with E-state index in [0.29, 0.717) is 5.69 Å². The van der Waals surface area contributed by atoms with Gasteiger partial charge in [-0.05, 0) is 25.1 Å². The minimum absolute atomic E-state index is 0.0271. The molecular formula is C16H16ClN3O5S. The van der Waals surface area contributed by atoms with Gasteiger partial charge in [0.15, 0.2) is 0 Å². The lowest BCUT2D eigenvalue weighted by atomic mass is 10.2. The number of nitrogens with zero attached hydrogens (tertiary/aromatic N) is 2. The number of nitrogens with one attached hydrogen (secondary N) is 1. The van der Waals surface area contributed by atoms with Crippen molar-refractivity contribution in [3.05, 3.63) is 63.7 Å². The van der Waals surface area contributed by atoms with Crippen LogP contribution in [-0.2, 0) is 14.8 Å². The maximum atomic E-state index is 12.6. The zero-order valence-electron chi connectivity index (χ0n) is 13.9. The Bertz CT molecular complexity index is 934. The number of benzene rings is 2. The molecule has 0 spiro atoms. The second kappa shape index (κ2) is 7.71. The molecule has 0 aliphatic heterocycles. The number of hydrogen-bond donors (Lipinski definition) is 1. The molecule has 0 bridgehead atoms. The minimum Gasteiger partial charge on any atom is -0.323 e. The van der Waals surface area contributed by atoms with Gasteiger partial charge >= 0.3 is 0 Å². The molecule has 0 aromatic heterocycles. The molecular weight excluding hydrogens is 382 g/mol. The zero-order chi connectivity index (χ0) is 19.5. The Morgan fingerprint density at radius 1 is 1.23 bits per heavy atom. The lowest BCUT2D eigenvalue weighted by molar-refractivity contribution is -0.384. The topological polar surface area (TPSA) is 110 Å². The second-order valence-electron chi connectivity index (χ2n) is 5.48. The van der Waals surface area contributed by atoms with E-state index in [2.05, 4.69) is 5.32 Å². The maximum absolute atomic E-state index is 12.6. The summed E-state index contributed by atoms with van der Waals surface area (Å²) in [6, 6.07) is 10.6. The molecule has 8 nitrogen and oxygen atoms in total. The molecule has 0 heterocycles. The summed E-state index contributed by atoms with van der Waals surface area (Å²) in [7, 11) is -3.75. The molecule has 0 fully saturated rings. The first kappa shape index (κ1) is 19.7. The van der Waals surface area contributed by atoms with E-state index in [1.807, 2.05) is 0 Å². The lowest BCUT2D eigenvalue weighted by Crippen LogP contribution is -2.45. The fourth-order valence-corrected chi connectivity index (χ4v) is 3.68. The van der Waals surface area contributed by atoms with Crippen molar-refractivity contribution < 1.29 is 18.1 Å². The minimum atomic E-state index is -3.75. The molecule has 2 aromatic carbocycles. The van der Waals surface area contributed by atoms with Crippen molar-refractivity contribution in [2.45, 2.75) is 13.0 Å². The predicted molar refractivity (Wildman–Crippen MR) is 100.0 cm³/mol. The number of para-hydroxylation sites is 1. The molecule has 0 saturated carbocycles. The molecule has 1 N–H and O–H groups in total. The fraction of sp³-hybridized carbons (Fsp3) is 0.188. The molecule has 2 aromatic rings. The summed E-state index contributed by atoms with van der Waals surface area (Å²) in [6.45, 7) is 1.41. The zero-order valence-corrected chi connectivity index (χ0v) is 15.5. The van der Waals surface area contributed by atoms with E-state index < -0.39 is 26.9 Å². The Kier molecular flexibility index (Phi) is 5.83. The highest BCUT2D eigenvalue weighted by Crippen LogP contribution is 2.28. The van der Waals surface area contributed by atoms with E-state index in [1.165, 1.54) is 19.1 Å². The SMILES string of the molecule is C[C@@H](C(=O)Nc1cc([N+](=O)[O-])ccc1Cl)N(c1ccccc1)S(C)(=O)=O. The second-order valence-corrected chi connectivity index (χ2v) is 7.75. The smallest absolute Gasteiger partial charge is 0.271 e. The third kappa shape index (κ3) is 4.50. The van der Waals surface area contributed by atoms with Gasteiger partial charge in [-0.2, -0.15) is 0 Å². The molecule has 0 radical (unpaired) electrons. The van der Waals surface area contributed by atoms with E-state index >= 15 is 0 Å². The van der Waals surface area contributed by atoms with Gasteiger partial charge in [0, 0.05) is 12.1 Å². The van der Waals surface area contributed by atoms with Gasteiger partial charge in [0.1, 0.15) is 6.04 Å². The van der Waals surface area contributed by atoms with E-state index in [-0.39, 0.29) is 16.4 Å². The van der Waals surface area contributed by atoms with Crippen LogP contribution in [0.15, 0.2) is 48.5 Å². The Balaban J connectivity index is 2.33. The van der Waals surface area contributed by atoms with Gasteiger partial charge in [-0.25, -0.2) is 8.42 Å². The summed E-state index contributed by atoms with van der Waals surface area (Å²) in [5.74, 6) is -0.679. The van der Waals surface area contributed by atoms with Gasteiger partial charge in [0.05, 0.1) is 27.6 Å². The van der Waals surface area contributed by atoms with Gasteiger partial charge in [-0.15, -0.1) is 0 Å². The monoisotopic (exact) mass is 397 g/mol. The first-order valence-corrected chi connectivity index (χ1v) is 9.63. The van der Waals surface area contributed by atoms with Crippen LogP contribution in [-0.4, -0.2) is 31.5 Å². The third-order valence-corrected chi connectivity index (χ3v) is 5.09. The van der Waals surface area contributed by atoms with Crippen molar-refractivity contribution in [2.75, 3.05) is 15.9 Å². The number of non-ortho nitro benzene ring substituents is 1. The Hall–Kier alpha value is -2.65. The fourth-order valence-electron chi connectivity index (χ4n) is 2.34. The predicted octanol–water partition coefficient (Wildman–Crippen LogP) is 3.04. The summed E-state index contributed by atoms with van der Waals surface area (Å²) >= 11 is 5.97. The molecule has 2 rings (SSSR count). The number of carbonyl (C=O) groups is 1. The highest BCUT2D eigenvalue weighted by atomic mass is 35.5. The molecule has 1 atom stereocenters. The lowest BCUT2D eigenvalue weighted by Gasteiger charge is -2.28. The van der Waals surface area contributed by atoms with Crippen molar-refractivity contribution in [3.8, 4) is 0 Å². The van der Waals surface area contributed by atoms with Gasteiger partial charge in [0.25, 0.3) is 5.69 Å². The van der Waals surface area contributed by atoms with Crippen LogP contribution in [0.25, 0.3) is 0 Å². The summed E-state index contributed by atoms with van der Waals surface area (Å²) in [5.41, 5.74) is 0.0994. The average Bonchev–Trinajstić information content (AvgIpc) is 2.56. The number of amides is 1. The van der Waals surface area contributed by atoms with Crippen LogP contribution in [0.3, 0.4) is 0 Å². The van der Waals surface area contributed by atoms with Crippen LogP contribution >= 0.6 is 11.6 Å². The number of nitro benzene ring substituents is 1. The summed E-state index contributed by atoms with van der Waals surface area (Å²) in [4.78, 5) is 22.8. The summed E-state index contributed by atoms with van der Waals surface area (Å²) in [6.07, 6.45) is 0.990. The summed E-state index contributed by atoms with van der Waals surface area (Å²) in [5, 5.41) is 13.4. The van der Waals surface area contributed by atoms with Crippen molar-refractivity contribution >= 4 is 44.6 Å². The normalized spacial score (nSPS) is 12.3. The van der Waals surface area contributed by atoms with Crippen LogP contribution in [0.2, 0.25) is 5.02 Å². The Morgan fingerprint density at radius 2 is 1.85 bits per heavy atom. The molecule has 138 valence electrons. The van der Waals surface area contributed by atoms with Gasteiger partial charge in [0.2, 0.25) is 15.9 Å². The quantitative estimate of drug-likeness (QED) is 0.595. The van der Waals surface area contributed by atoms with Gasteiger partial charge in [-0.1, -0.05) is 29.8 Å². The van der Waals surface area contributed by atoms with Crippen LogP contribution in [0.5, 0.6) is 0 Å². The van der Waals surface area contributed by atoms with Crippen LogP contribution in [0, 0.1) is 10.1 Å². The number of hydrogen-bond acceptors (Lipinski definition) is 5. The van der Waals surface area contributed by atoms with Crippen LogP contribution in [0.1, 0.15) is 6.92 Å². The van der Waals surface area contributed by atoms with Crippen LogP contribution < -0.4 is 9.62 Å². The van der Waals surface area contributed by atoms with Crippen LogP contribution in [0.4, 0.5) is 17.1 Å². The van der Waals surface area contributed by atoms with E-state index in [1.54, 1.807) is 30.3 Å². The van der Waals surface area contributed by atoms with E-state index in [0.717, 1.165) is 16.6 Å². The number of halogens is 1. The third-order valence-electron chi connectivity index (χ3n) is 3.52. The Morgan fingerprint density at radius 3 is 2.38 bits per heavy atom. The molecule has 0 aliphatic rings. The van der Waals surface area contributed by atoms with Gasteiger partial charge in [-0.3, -0.25) is 19.2 Å². The molecule has 0 aliphatic carbocycles. The van der Waals surface area contributed by atoms with E-state index in [4.69, 9.17) is 11.6 Å². The van der Waals surface area contributed by atoms with E-state index in [9.17, 15) is 23.3 Å². The average molecular weight is 398 g/mol. The number of sulfonamides is 1. The maximum Gasteiger partial charge on any atom is 0.271 e. The molecule has 1 amide bonds. The van der Waals surface area contributed by atoms with Gasteiger partial charge < -0.3 is 5.32 Å². The standard InChI is InChI=1S/C16H16ClN3O5S/c1-11(19(26(2,24)25)12-6-4-3-5-7-12)16(21)18-15-10-13(20(22)23)8-9-14(15)17/h3-11H,1-2H3,(H,18,21)/t11-/m0/s1. The van der Waals surface area contributed by atoms with Crippen molar-refractivity contribution in [1.82, 2.24) is 0 Å². The molecule has 10 heteroatoms. The van der Waals surface area contributed by atoms with Crippen molar-refractivity contribution in [1.29, 1.82) is 0 Å². The number of carbonyl (C=O) groups excluding carboxylic acids is 1. The highest BCUT2D eigenvalue weighted by Gasteiger charge is 2.29. The van der Waals surface area contributed by atoms with Crippen molar-refractivity contribution in [2.24, 2.45) is 0 Å². The van der Waals surface area contributed by atoms with Crippen molar-refractivity contribution in [3.63, 3.8) is 0 Å². The number of anilines is 2. The summed E-state index contributed by atoms with van der Waals surface area (Å²) < 4.78 is 25.3. The first-order chi connectivity index (χ1) is 12.1. The number of rotatable bonds is 6. The first-order valence-electron chi connectivity index (χ1n) is 7.40. The Labute approximate surface area is 155 Å². The highest BCUT2D eigenvalue weighted by molar-refractivity contribution is 7.92.